The van der Waals surface area contributed by atoms with Crippen LogP contribution in [0.15, 0.2) is 24.3 Å². The van der Waals surface area contributed by atoms with Crippen molar-refractivity contribution in [2.45, 2.75) is 57.5 Å². The third-order valence-corrected chi connectivity index (χ3v) is 6.34. The SMILES string of the molecule is Cc1cc(C(=O)Nc2ccc(N3CCC(N4CCCC4C)C3)cc2C(F)(F)F)n[nH]1.O=C(O)C(F)(F)F. The summed E-state index contributed by atoms with van der Waals surface area (Å²) < 4.78 is 73.0. The van der Waals surface area contributed by atoms with Gasteiger partial charge in [-0.1, -0.05) is 0 Å². The van der Waals surface area contributed by atoms with Crippen LogP contribution in [0.2, 0.25) is 0 Å². The molecule has 0 aliphatic carbocycles. The van der Waals surface area contributed by atoms with Crippen LogP contribution in [0, 0.1) is 6.92 Å². The number of aliphatic carboxylic acids is 1. The number of nitrogens with one attached hydrogen (secondary N) is 2. The molecule has 37 heavy (non-hydrogen) atoms. The molecule has 204 valence electrons. The first-order chi connectivity index (χ1) is 17.2. The molecular weight excluding hydrogens is 508 g/mol. The lowest BCUT2D eigenvalue weighted by Gasteiger charge is -2.29. The molecule has 3 N–H and O–H groups in total. The van der Waals surface area contributed by atoms with Crippen molar-refractivity contribution in [1.29, 1.82) is 0 Å². The van der Waals surface area contributed by atoms with Crippen LogP contribution < -0.4 is 10.2 Å². The van der Waals surface area contributed by atoms with E-state index >= 15 is 0 Å². The molecule has 4 rings (SSSR count). The lowest BCUT2D eigenvalue weighted by molar-refractivity contribution is -0.192. The Labute approximate surface area is 208 Å². The predicted octanol–water partition coefficient (Wildman–Crippen LogP) is 4.69. The van der Waals surface area contributed by atoms with Gasteiger partial charge >= 0.3 is 18.3 Å². The first kappa shape index (κ1) is 28.3. The Morgan fingerprint density at radius 2 is 1.78 bits per heavy atom. The Bertz CT molecular complexity index is 1120. The van der Waals surface area contributed by atoms with Crippen molar-refractivity contribution < 1.29 is 41.0 Å². The molecule has 2 aliphatic rings. The summed E-state index contributed by atoms with van der Waals surface area (Å²) in [6.45, 7) is 6.44. The fourth-order valence-electron chi connectivity index (χ4n) is 4.54. The Hall–Kier alpha value is -3.29. The molecular formula is C23H27F6N5O3. The van der Waals surface area contributed by atoms with Gasteiger partial charge in [0.2, 0.25) is 0 Å². The first-order valence-electron chi connectivity index (χ1n) is 11.5. The van der Waals surface area contributed by atoms with Gasteiger partial charge in [-0.25, -0.2) is 4.79 Å². The Morgan fingerprint density at radius 1 is 1.11 bits per heavy atom. The number of rotatable bonds is 4. The topological polar surface area (TPSA) is 102 Å². The summed E-state index contributed by atoms with van der Waals surface area (Å²) in [6.07, 6.45) is -6.36. The highest BCUT2D eigenvalue weighted by Gasteiger charge is 2.38. The number of nitrogens with zero attached hydrogens (tertiary/aromatic N) is 3. The molecule has 2 atom stereocenters. The van der Waals surface area contributed by atoms with Crippen molar-refractivity contribution in [3.05, 3.63) is 41.2 Å². The number of aryl methyl sites for hydroxylation is 1. The number of carboxylic acids is 1. The molecule has 2 unspecified atom stereocenters. The molecule has 14 heteroatoms. The van der Waals surface area contributed by atoms with Gasteiger partial charge < -0.3 is 15.3 Å². The molecule has 0 bridgehead atoms. The molecule has 2 saturated heterocycles. The molecule has 1 aromatic heterocycles. The predicted molar refractivity (Wildman–Crippen MR) is 122 cm³/mol. The van der Waals surface area contributed by atoms with Crippen molar-refractivity contribution >= 4 is 23.3 Å². The molecule has 2 fully saturated rings. The molecule has 0 radical (unpaired) electrons. The van der Waals surface area contributed by atoms with E-state index in [-0.39, 0.29) is 11.4 Å². The van der Waals surface area contributed by atoms with E-state index in [0.29, 0.717) is 23.5 Å². The number of anilines is 2. The van der Waals surface area contributed by atoms with E-state index in [9.17, 15) is 31.1 Å². The molecule has 3 heterocycles. The average Bonchev–Trinajstić information content (AvgIpc) is 3.54. The number of alkyl halides is 6. The third kappa shape index (κ3) is 7.14. The van der Waals surface area contributed by atoms with Crippen molar-refractivity contribution in [3.8, 4) is 0 Å². The Kier molecular flexibility index (Phi) is 8.40. The number of H-pyrrole nitrogens is 1. The van der Waals surface area contributed by atoms with Crippen LogP contribution in [0.25, 0.3) is 0 Å². The highest BCUT2D eigenvalue weighted by Crippen LogP contribution is 2.38. The lowest BCUT2D eigenvalue weighted by atomic mass is 10.1. The van der Waals surface area contributed by atoms with Crippen molar-refractivity contribution in [1.82, 2.24) is 15.1 Å². The van der Waals surface area contributed by atoms with E-state index in [1.165, 1.54) is 25.0 Å². The maximum atomic E-state index is 13.7. The molecule has 8 nitrogen and oxygen atoms in total. The minimum atomic E-state index is -5.08. The van der Waals surface area contributed by atoms with Gasteiger partial charge in [0.1, 0.15) is 0 Å². The second-order valence-corrected chi connectivity index (χ2v) is 9.04. The number of carbonyl (C=O) groups is 2. The maximum absolute atomic E-state index is 13.7. The summed E-state index contributed by atoms with van der Waals surface area (Å²) in [5.41, 5.74) is 0.124. The van der Waals surface area contributed by atoms with Gasteiger partial charge in [-0.3, -0.25) is 14.8 Å². The number of benzene rings is 1. The summed E-state index contributed by atoms with van der Waals surface area (Å²) in [4.78, 5) is 25.7. The lowest BCUT2D eigenvalue weighted by Crippen LogP contribution is -2.39. The minimum Gasteiger partial charge on any atom is -0.475 e. The van der Waals surface area contributed by atoms with Gasteiger partial charge in [-0.15, -0.1) is 0 Å². The van der Waals surface area contributed by atoms with E-state index in [0.717, 1.165) is 32.1 Å². The number of likely N-dealkylation sites (tertiary alicyclic amines) is 1. The summed E-state index contributed by atoms with van der Waals surface area (Å²) in [6, 6.07) is 6.52. The smallest absolute Gasteiger partial charge is 0.475 e. The number of hydrogen-bond acceptors (Lipinski definition) is 5. The first-order valence-corrected chi connectivity index (χ1v) is 11.5. The van der Waals surface area contributed by atoms with Crippen LogP contribution in [-0.4, -0.2) is 70.0 Å². The maximum Gasteiger partial charge on any atom is 0.490 e. The quantitative estimate of drug-likeness (QED) is 0.492. The average molecular weight is 535 g/mol. The van der Waals surface area contributed by atoms with Crippen LogP contribution in [-0.2, 0) is 11.0 Å². The van der Waals surface area contributed by atoms with E-state index in [4.69, 9.17) is 9.90 Å². The summed E-state index contributed by atoms with van der Waals surface area (Å²) in [5, 5.41) is 15.9. The van der Waals surface area contributed by atoms with E-state index in [1.54, 1.807) is 13.0 Å². The number of halogens is 6. The van der Waals surface area contributed by atoms with Crippen LogP contribution >= 0.6 is 0 Å². The molecule has 0 spiro atoms. The highest BCUT2D eigenvalue weighted by atomic mass is 19.4. The summed E-state index contributed by atoms with van der Waals surface area (Å²) in [5.74, 6) is -3.44. The van der Waals surface area contributed by atoms with Crippen molar-refractivity contribution in [3.63, 3.8) is 0 Å². The van der Waals surface area contributed by atoms with Gasteiger partial charge in [0.05, 0.1) is 11.3 Å². The van der Waals surface area contributed by atoms with Gasteiger partial charge in [0, 0.05) is 36.6 Å². The van der Waals surface area contributed by atoms with E-state index in [1.807, 2.05) is 4.90 Å². The number of aromatic amines is 1. The van der Waals surface area contributed by atoms with Crippen molar-refractivity contribution in [2.24, 2.45) is 0 Å². The van der Waals surface area contributed by atoms with Gasteiger partial charge in [0.25, 0.3) is 5.91 Å². The number of carboxylic acid groups (broad SMARTS) is 1. The second kappa shape index (κ2) is 11.0. The largest absolute Gasteiger partial charge is 0.490 e. The molecule has 2 aromatic rings. The third-order valence-electron chi connectivity index (χ3n) is 6.34. The molecule has 1 aromatic carbocycles. The zero-order chi connectivity index (χ0) is 27.5. The van der Waals surface area contributed by atoms with E-state index < -0.39 is 29.8 Å². The standard InChI is InChI=1S/C21H26F3N5O.C2HF3O2/c1-13-10-19(27-26-13)20(30)25-18-6-5-15(11-17(18)21(22,23)24)28-9-7-16(12-28)29-8-3-4-14(29)2;3-2(4,5)1(6)7/h5-6,10-11,14,16H,3-4,7-9,12H2,1-2H3,(H,25,30)(H,26,27);(H,6,7). The Morgan fingerprint density at radius 3 is 2.30 bits per heavy atom. The number of hydrogen-bond donors (Lipinski definition) is 3. The monoisotopic (exact) mass is 535 g/mol. The summed E-state index contributed by atoms with van der Waals surface area (Å²) >= 11 is 0. The number of carbonyl (C=O) groups excluding carboxylic acids is 1. The zero-order valence-electron chi connectivity index (χ0n) is 20.1. The van der Waals surface area contributed by atoms with Crippen LogP contribution in [0.3, 0.4) is 0 Å². The minimum absolute atomic E-state index is 0.0480. The van der Waals surface area contributed by atoms with E-state index in [2.05, 4.69) is 27.3 Å². The van der Waals surface area contributed by atoms with Crippen molar-refractivity contribution in [2.75, 3.05) is 29.9 Å². The highest BCUT2D eigenvalue weighted by molar-refractivity contribution is 6.03. The number of amides is 1. The van der Waals surface area contributed by atoms with Crippen LogP contribution in [0.5, 0.6) is 0 Å². The molecule has 1 amide bonds. The molecule has 2 aliphatic heterocycles. The fraction of sp³-hybridized carbons (Fsp3) is 0.522. The normalized spacial score (nSPS) is 20.5. The number of aromatic nitrogens is 2. The second-order valence-electron chi connectivity index (χ2n) is 9.04. The fourth-order valence-corrected chi connectivity index (χ4v) is 4.54. The summed E-state index contributed by atoms with van der Waals surface area (Å²) in [7, 11) is 0. The molecule has 0 saturated carbocycles. The Balaban J connectivity index is 0.000000479. The van der Waals surface area contributed by atoms with Gasteiger partial charge in [0.15, 0.2) is 5.69 Å². The van der Waals surface area contributed by atoms with Crippen LogP contribution in [0.4, 0.5) is 37.7 Å². The van der Waals surface area contributed by atoms with Crippen LogP contribution in [0.1, 0.15) is 47.9 Å². The zero-order valence-corrected chi connectivity index (χ0v) is 20.1. The van der Waals surface area contributed by atoms with Gasteiger partial charge in [-0.05, 0) is 63.9 Å². The van der Waals surface area contributed by atoms with Gasteiger partial charge in [-0.2, -0.15) is 31.4 Å².